The Kier molecular flexibility index (Phi) is 6.18. The standard InChI is InChI=1S/C17H18BrFN2O3S/c1-3-16(17(22)20-15-7-5-4-6-14(15)18)21(25(2,23)24)13-10-8-12(19)9-11-13/h4-11,16H,3H2,1-2H3,(H,20,22)/t16-/m0/s1. The lowest BCUT2D eigenvalue weighted by Crippen LogP contribution is -2.47. The molecule has 2 aromatic rings. The highest BCUT2D eigenvalue weighted by Crippen LogP contribution is 2.25. The van der Waals surface area contributed by atoms with Crippen LogP contribution in [0.1, 0.15) is 13.3 Å². The summed E-state index contributed by atoms with van der Waals surface area (Å²) in [6, 6.07) is 11.1. The summed E-state index contributed by atoms with van der Waals surface area (Å²) in [5.41, 5.74) is 0.775. The highest BCUT2D eigenvalue weighted by molar-refractivity contribution is 9.10. The molecule has 0 aliphatic rings. The molecule has 0 fully saturated rings. The molecule has 0 heterocycles. The first kappa shape index (κ1) is 19.4. The zero-order chi connectivity index (χ0) is 18.6. The fraction of sp³-hybridized carbons (Fsp3) is 0.235. The number of benzene rings is 2. The van der Waals surface area contributed by atoms with E-state index in [1.165, 1.54) is 12.1 Å². The summed E-state index contributed by atoms with van der Waals surface area (Å²) in [6.07, 6.45) is 1.27. The van der Waals surface area contributed by atoms with Crippen LogP contribution < -0.4 is 9.62 Å². The van der Waals surface area contributed by atoms with Crippen molar-refractivity contribution < 1.29 is 17.6 Å². The molecule has 0 aliphatic carbocycles. The Bertz CT molecular complexity index is 856. The van der Waals surface area contributed by atoms with Crippen LogP contribution in [0, 0.1) is 5.82 Å². The van der Waals surface area contributed by atoms with Crippen LogP contribution in [-0.4, -0.2) is 26.6 Å². The fourth-order valence-corrected chi connectivity index (χ4v) is 4.02. The summed E-state index contributed by atoms with van der Waals surface area (Å²) in [6.45, 7) is 1.71. The van der Waals surface area contributed by atoms with Crippen LogP contribution >= 0.6 is 15.9 Å². The highest BCUT2D eigenvalue weighted by atomic mass is 79.9. The van der Waals surface area contributed by atoms with Gasteiger partial charge in [0.15, 0.2) is 0 Å². The number of para-hydroxylation sites is 1. The third kappa shape index (κ3) is 4.79. The van der Waals surface area contributed by atoms with Crippen LogP contribution in [0.5, 0.6) is 0 Å². The van der Waals surface area contributed by atoms with E-state index in [2.05, 4.69) is 21.2 Å². The summed E-state index contributed by atoms with van der Waals surface area (Å²) in [7, 11) is -3.75. The number of nitrogens with zero attached hydrogens (tertiary/aromatic N) is 1. The van der Waals surface area contributed by atoms with Gasteiger partial charge in [0.05, 0.1) is 17.6 Å². The molecule has 0 saturated carbocycles. The van der Waals surface area contributed by atoms with Crippen molar-refractivity contribution in [2.75, 3.05) is 15.9 Å². The Morgan fingerprint density at radius 2 is 1.80 bits per heavy atom. The van der Waals surface area contributed by atoms with Crippen LogP contribution in [0.2, 0.25) is 0 Å². The number of carbonyl (C=O) groups is 1. The van der Waals surface area contributed by atoms with Crippen LogP contribution in [0.25, 0.3) is 0 Å². The second kappa shape index (κ2) is 7.97. The minimum Gasteiger partial charge on any atom is -0.323 e. The Morgan fingerprint density at radius 3 is 2.32 bits per heavy atom. The van der Waals surface area contributed by atoms with Crippen molar-refractivity contribution in [1.82, 2.24) is 0 Å². The van der Waals surface area contributed by atoms with Gasteiger partial charge in [0.1, 0.15) is 11.9 Å². The summed E-state index contributed by atoms with van der Waals surface area (Å²) in [5.74, 6) is -0.952. The minimum atomic E-state index is -3.75. The number of carbonyl (C=O) groups excluding carboxylic acids is 1. The van der Waals surface area contributed by atoms with E-state index in [-0.39, 0.29) is 12.1 Å². The number of anilines is 2. The van der Waals surface area contributed by atoms with E-state index in [1.807, 2.05) is 0 Å². The average molecular weight is 429 g/mol. The molecule has 1 amide bonds. The number of sulfonamides is 1. The van der Waals surface area contributed by atoms with Gasteiger partial charge < -0.3 is 5.32 Å². The monoisotopic (exact) mass is 428 g/mol. The molecule has 5 nitrogen and oxygen atoms in total. The molecule has 8 heteroatoms. The third-order valence-corrected chi connectivity index (χ3v) is 5.41. The maximum absolute atomic E-state index is 13.2. The van der Waals surface area contributed by atoms with Gasteiger partial charge in [0, 0.05) is 4.47 Å². The summed E-state index contributed by atoms with van der Waals surface area (Å²) < 4.78 is 39.4. The van der Waals surface area contributed by atoms with E-state index in [1.54, 1.807) is 31.2 Å². The Labute approximate surface area is 155 Å². The van der Waals surface area contributed by atoms with E-state index in [0.29, 0.717) is 10.2 Å². The van der Waals surface area contributed by atoms with Crippen molar-refractivity contribution in [2.45, 2.75) is 19.4 Å². The van der Waals surface area contributed by atoms with Gasteiger partial charge in [-0.2, -0.15) is 0 Å². The lowest BCUT2D eigenvalue weighted by atomic mass is 10.2. The quantitative estimate of drug-likeness (QED) is 0.761. The maximum atomic E-state index is 13.2. The number of nitrogens with one attached hydrogen (secondary N) is 1. The number of halogens is 2. The molecule has 2 aromatic carbocycles. The molecule has 0 radical (unpaired) electrons. The lowest BCUT2D eigenvalue weighted by Gasteiger charge is -2.30. The van der Waals surface area contributed by atoms with E-state index in [9.17, 15) is 17.6 Å². The van der Waals surface area contributed by atoms with E-state index in [4.69, 9.17) is 0 Å². The molecule has 2 rings (SSSR count). The van der Waals surface area contributed by atoms with Crippen LogP contribution in [0.4, 0.5) is 15.8 Å². The summed E-state index contributed by atoms with van der Waals surface area (Å²) in [5, 5.41) is 2.73. The fourth-order valence-electron chi connectivity index (χ4n) is 2.43. The zero-order valence-electron chi connectivity index (χ0n) is 13.7. The number of amides is 1. The second-order valence-electron chi connectivity index (χ2n) is 5.43. The van der Waals surface area contributed by atoms with Crippen LogP contribution in [0.15, 0.2) is 53.0 Å². The van der Waals surface area contributed by atoms with E-state index >= 15 is 0 Å². The molecular weight excluding hydrogens is 411 g/mol. The average Bonchev–Trinajstić information content (AvgIpc) is 2.54. The molecule has 0 bridgehead atoms. The smallest absolute Gasteiger partial charge is 0.248 e. The van der Waals surface area contributed by atoms with Crippen molar-refractivity contribution in [2.24, 2.45) is 0 Å². The minimum absolute atomic E-state index is 0.234. The van der Waals surface area contributed by atoms with Crippen LogP contribution in [-0.2, 0) is 14.8 Å². The zero-order valence-corrected chi connectivity index (χ0v) is 16.1. The molecular formula is C17H18BrFN2O3S. The molecule has 134 valence electrons. The lowest BCUT2D eigenvalue weighted by molar-refractivity contribution is -0.117. The Hall–Kier alpha value is -1.93. The Morgan fingerprint density at radius 1 is 1.20 bits per heavy atom. The number of hydrogen-bond donors (Lipinski definition) is 1. The molecule has 25 heavy (non-hydrogen) atoms. The molecule has 0 unspecified atom stereocenters. The first-order chi connectivity index (χ1) is 11.7. The molecule has 1 N–H and O–H groups in total. The SMILES string of the molecule is CC[C@@H](C(=O)Nc1ccccc1Br)N(c1ccc(F)cc1)S(C)(=O)=O. The molecule has 0 aromatic heterocycles. The van der Waals surface area contributed by atoms with Gasteiger partial charge in [0.2, 0.25) is 15.9 Å². The van der Waals surface area contributed by atoms with Gasteiger partial charge in [0.25, 0.3) is 0 Å². The maximum Gasteiger partial charge on any atom is 0.248 e. The number of rotatable bonds is 6. The highest BCUT2D eigenvalue weighted by Gasteiger charge is 2.31. The largest absolute Gasteiger partial charge is 0.323 e. The predicted molar refractivity (Wildman–Crippen MR) is 101 cm³/mol. The van der Waals surface area contributed by atoms with Crippen molar-refractivity contribution >= 4 is 43.2 Å². The Balaban J connectivity index is 2.38. The molecule has 0 aliphatic heterocycles. The van der Waals surface area contributed by atoms with E-state index in [0.717, 1.165) is 22.7 Å². The summed E-state index contributed by atoms with van der Waals surface area (Å²) in [4.78, 5) is 12.7. The topological polar surface area (TPSA) is 66.5 Å². The first-order valence-electron chi connectivity index (χ1n) is 7.54. The van der Waals surface area contributed by atoms with Gasteiger partial charge in [-0.15, -0.1) is 0 Å². The van der Waals surface area contributed by atoms with Gasteiger partial charge in [-0.3, -0.25) is 9.10 Å². The first-order valence-corrected chi connectivity index (χ1v) is 10.2. The van der Waals surface area contributed by atoms with Crippen molar-refractivity contribution in [3.05, 3.63) is 58.8 Å². The van der Waals surface area contributed by atoms with Gasteiger partial charge in [-0.25, -0.2) is 12.8 Å². The van der Waals surface area contributed by atoms with Gasteiger partial charge in [-0.05, 0) is 58.7 Å². The second-order valence-corrected chi connectivity index (χ2v) is 8.14. The third-order valence-electron chi connectivity index (χ3n) is 3.54. The number of hydrogen-bond acceptors (Lipinski definition) is 3. The van der Waals surface area contributed by atoms with Crippen molar-refractivity contribution in [3.63, 3.8) is 0 Å². The van der Waals surface area contributed by atoms with Gasteiger partial charge >= 0.3 is 0 Å². The molecule has 1 atom stereocenters. The summed E-state index contributed by atoms with van der Waals surface area (Å²) >= 11 is 3.34. The van der Waals surface area contributed by atoms with Crippen molar-refractivity contribution in [3.8, 4) is 0 Å². The van der Waals surface area contributed by atoms with Crippen molar-refractivity contribution in [1.29, 1.82) is 0 Å². The predicted octanol–water partition coefficient (Wildman–Crippen LogP) is 3.77. The van der Waals surface area contributed by atoms with E-state index < -0.39 is 27.8 Å². The van der Waals surface area contributed by atoms with Gasteiger partial charge in [-0.1, -0.05) is 19.1 Å². The molecule has 0 saturated heterocycles. The van der Waals surface area contributed by atoms with Crippen LogP contribution in [0.3, 0.4) is 0 Å². The molecule has 0 spiro atoms. The normalized spacial score (nSPS) is 12.5.